The van der Waals surface area contributed by atoms with Gasteiger partial charge >= 0.3 is 0 Å². The Hall–Kier alpha value is -1.38. The fraction of sp³-hybridized carbons (Fsp3) is 0.143. The van der Waals surface area contributed by atoms with Gasteiger partial charge in [-0.2, -0.15) is 0 Å². The minimum absolute atomic E-state index is 0.188. The molecule has 0 bridgehead atoms. The van der Waals surface area contributed by atoms with Crippen molar-refractivity contribution in [2.24, 2.45) is 5.18 Å². The molecule has 0 fully saturated rings. The molecule has 0 aromatic heterocycles. The first-order valence-corrected chi connectivity index (χ1v) is 2.52. The second-order valence-corrected chi connectivity index (χ2v) is 1.47. The van der Waals surface area contributed by atoms with Gasteiger partial charge < -0.3 is 4.74 Å². The van der Waals surface area contributed by atoms with Crippen molar-refractivity contribution < 1.29 is 10.2 Å². The van der Waals surface area contributed by atoms with Crippen LogP contribution < -0.4 is 4.74 Å². The maximum absolute atomic E-state index is 10.3. The first-order chi connectivity index (χ1) is 6.54. The van der Waals surface area contributed by atoms with Gasteiger partial charge in [-0.15, -0.1) is 4.91 Å². The summed E-state index contributed by atoms with van der Waals surface area (Å²) < 4.78 is 34.0. The molecule has 0 N–H and O–H groups in total. The zero-order chi connectivity index (χ0) is 10.9. The summed E-state index contributed by atoms with van der Waals surface area (Å²) in [5, 5.41) is 2.45. The molecule has 3 heteroatoms. The molecule has 0 amide bonds. The Morgan fingerprint density at radius 3 is 2.50 bits per heavy atom. The Kier molecular flexibility index (Phi) is 0.931. The van der Waals surface area contributed by atoms with Gasteiger partial charge in [0.2, 0.25) is 0 Å². The SMILES string of the molecule is [2H]c1c([2H])c(OC)c([2H])c([2H])c1N=O. The molecule has 0 aliphatic heterocycles. The van der Waals surface area contributed by atoms with Gasteiger partial charge in [0.25, 0.3) is 0 Å². The van der Waals surface area contributed by atoms with E-state index < -0.39 is 29.9 Å². The number of benzene rings is 1. The van der Waals surface area contributed by atoms with Crippen molar-refractivity contribution in [3.63, 3.8) is 0 Å². The number of hydrogen-bond donors (Lipinski definition) is 0. The lowest BCUT2D eigenvalue weighted by Gasteiger charge is -1.96. The molecule has 0 radical (unpaired) electrons. The third-order valence-electron chi connectivity index (χ3n) is 0.884. The van der Waals surface area contributed by atoms with E-state index in [2.05, 4.69) is 9.91 Å². The lowest BCUT2D eigenvalue weighted by molar-refractivity contribution is 0.415. The molecule has 0 aliphatic carbocycles. The van der Waals surface area contributed by atoms with Gasteiger partial charge in [0.1, 0.15) is 11.4 Å². The summed E-state index contributed by atoms with van der Waals surface area (Å²) in [5.41, 5.74) is -0.499. The summed E-state index contributed by atoms with van der Waals surface area (Å²) in [6.45, 7) is 0. The van der Waals surface area contributed by atoms with Crippen molar-refractivity contribution in [3.05, 3.63) is 29.1 Å². The minimum Gasteiger partial charge on any atom is -0.497 e. The number of methoxy groups -OCH3 is 1. The molecule has 1 aromatic carbocycles. The Balaban J connectivity index is 3.63. The second-order valence-electron chi connectivity index (χ2n) is 1.47. The number of ether oxygens (including phenoxy) is 1. The van der Waals surface area contributed by atoms with E-state index in [-0.39, 0.29) is 5.75 Å². The minimum atomic E-state index is -0.499. The standard InChI is InChI=1S/C7H7NO2/c1-10-7-4-2-6(8-9)3-5-7/h2-5H,1H3/i2D,3D,4D,5D. The molecule has 0 heterocycles. The van der Waals surface area contributed by atoms with E-state index in [4.69, 9.17) is 5.48 Å². The van der Waals surface area contributed by atoms with E-state index in [1.807, 2.05) is 0 Å². The number of rotatable bonds is 2. The van der Waals surface area contributed by atoms with Crippen LogP contribution in [0.5, 0.6) is 5.75 Å². The molecule has 1 aromatic rings. The first kappa shape index (κ1) is 3.14. The van der Waals surface area contributed by atoms with Gasteiger partial charge in [-0.3, -0.25) is 0 Å². The Bertz CT molecular complexity index is 365. The molecule has 0 spiro atoms. The highest BCUT2D eigenvalue weighted by molar-refractivity contribution is 5.40. The van der Waals surface area contributed by atoms with Gasteiger partial charge in [0.15, 0.2) is 0 Å². The van der Waals surface area contributed by atoms with Gasteiger partial charge in [-0.05, 0) is 29.3 Å². The lowest BCUT2D eigenvalue weighted by atomic mass is 10.3. The van der Waals surface area contributed by atoms with Crippen LogP contribution in [0, 0.1) is 4.91 Å². The van der Waals surface area contributed by atoms with Crippen LogP contribution in [0.2, 0.25) is 0 Å². The van der Waals surface area contributed by atoms with Crippen LogP contribution in [0.3, 0.4) is 0 Å². The van der Waals surface area contributed by atoms with Crippen molar-refractivity contribution in [1.82, 2.24) is 0 Å². The highest BCUT2D eigenvalue weighted by Gasteiger charge is 1.90. The molecular formula is C7H7NO2. The fourth-order valence-corrected chi connectivity index (χ4v) is 0.442. The molecule has 0 aliphatic rings. The van der Waals surface area contributed by atoms with E-state index in [9.17, 15) is 4.91 Å². The monoisotopic (exact) mass is 141 g/mol. The second kappa shape index (κ2) is 2.96. The highest BCUT2D eigenvalue weighted by Crippen LogP contribution is 2.16. The third-order valence-corrected chi connectivity index (χ3v) is 0.884. The zero-order valence-corrected chi connectivity index (χ0v) is 5.26. The van der Waals surface area contributed by atoms with Crippen molar-refractivity contribution >= 4 is 5.69 Å². The van der Waals surface area contributed by atoms with Crippen molar-refractivity contribution in [1.29, 1.82) is 0 Å². The molecule has 0 atom stereocenters. The molecular weight excluding hydrogens is 130 g/mol. The molecule has 10 heavy (non-hydrogen) atoms. The van der Waals surface area contributed by atoms with Crippen LogP contribution >= 0.6 is 0 Å². The zero-order valence-electron chi connectivity index (χ0n) is 9.26. The van der Waals surface area contributed by atoms with Gasteiger partial charge in [-0.1, -0.05) is 0 Å². The van der Waals surface area contributed by atoms with E-state index in [1.54, 1.807) is 0 Å². The maximum atomic E-state index is 10.3. The summed E-state index contributed by atoms with van der Waals surface area (Å²) in [5.74, 6) is -0.188. The molecule has 52 valence electrons. The molecule has 0 saturated heterocycles. The van der Waals surface area contributed by atoms with Crippen LogP contribution in [0.25, 0.3) is 0 Å². The van der Waals surface area contributed by atoms with Crippen LogP contribution in [0.4, 0.5) is 5.69 Å². The van der Waals surface area contributed by atoms with Gasteiger partial charge in [0.05, 0.1) is 12.6 Å². The van der Waals surface area contributed by atoms with E-state index in [1.165, 1.54) is 7.11 Å². The lowest BCUT2D eigenvalue weighted by Crippen LogP contribution is -1.79. The van der Waals surface area contributed by atoms with Gasteiger partial charge in [-0.25, -0.2) is 0 Å². The van der Waals surface area contributed by atoms with Crippen LogP contribution in [0.15, 0.2) is 29.3 Å². The topological polar surface area (TPSA) is 38.7 Å². The Morgan fingerprint density at radius 2 is 2.10 bits per heavy atom. The van der Waals surface area contributed by atoms with E-state index in [0.29, 0.717) is 0 Å². The average molecular weight is 141 g/mol. The predicted octanol–water partition coefficient (Wildman–Crippen LogP) is 2.09. The van der Waals surface area contributed by atoms with Crippen molar-refractivity contribution in [2.45, 2.75) is 0 Å². The molecule has 0 saturated carbocycles. The summed E-state index contributed by atoms with van der Waals surface area (Å²) in [6.07, 6.45) is 0. The summed E-state index contributed by atoms with van der Waals surface area (Å²) in [4.78, 5) is 10.3. The molecule has 0 unspecified atom stereocenters. The predicted molar refractivity (Wildman–Crippen MR) is 38.4 cm³/mol. The van der Waals surface area contributed by atoms with E-state index >= 15 is 0 Å². The first-order valence-electron chi connectivity index (χ1n) is 4.52. The average Bonchev–Trinajstić information content (AvgIpc) is 2.17. The summed E-state index contributed by atoms with van der Waals surface area (Å²) in [6, 6.07) is -1.78. The quantitative estimate of drug-likeness (QED) is 0.591. The number of nitrogens with zero attached hydrogens (tertiary/aromatic N) is 1. The van der Waals surface area contributed by atoms with Crippen LogP contribution in [0.1, 0.15) is 5.48 Å². The summed E-state index contributed by atoms with van der Waals surface area (Å²) in [7, 11) is 1.23. The third kappa shape index (κ3) is 1.31. The largest absolute Gasteiger partial charge is 0.497 e. The van der Waals surface area contributed by atoms with Crippen LogP contribution in [-0.4, -0.2) is 7.11 Å². The smallest absolute Gasteiger partial charge is 0.119 e. The highest BCUT2D eigenvalue weighted by atomic mass is 16.5. The summed E-state index contributed by atoms with van der Waals surface area (Å²) >= 11 is 0. The number of nitroso groups, excluding NO2 is 1. The van der Waals surface area contributed by atoms with E-state index in [0.717, 1.165) is 0 Å². The van der Waals surface area contributed by atoms with Crippen molar-refractivity contribution in [2.75, 3.05) is 7.11 Å². The van der Waals surface area contributed by atoms with Crippen molar-refractivity contribution in [3.8, 4) is 5.75 Å². The van der Waals surface area contributed by atoms with Crippen LogP contribution in [-0.2, 0) is 0 Å². The molecule has 1 rings (SSSR count). The Labute approximate surface area is 64.2 Å². The number of hydrogen-bond acceptors (Lipinski definition) is 3. The Morgan fingerprint density at radius 1 is 1.50 bits per heavy atom. The molecule has 3 nitrogen and oxygen atoms in total. The maximum Gasteiger partial charge on any atom is 0.119 e. The normalized spacial score (nSPS) is 14.5. The fourth-order valence-electron chi connectivity index (χ4n) is 0.442. The van der Waals surface area contributed by atoms with Gasteiger partial charge in [0, 0.05) is 0 Å².